The maximum atomic E-state index is 13.8. The quantitative estimate of drug-likeness (QED) is 0.799. The lowest BCUT2D eigenvalue weighted by Gasteiger charge is -2.38. The van der Waals surface area contributed by atoms with Gasteiger partial charge in [0.25, 0.3) is 0 Å². The Hall–Kier alpha value is -0.0400. The molecule has 0 aromatic heterocycles. The SMILES string of the molecule is CS(=O)C1CC2CC1CC2(C)CC(F)(F)S(C)(=O)=O. The van der Waals surface area contributed by atoms with Crippen LogP contribution in [0.15, 0.2) is 0 Å². The highest BCUT2D eigenvalue weighted by Gasteiger charge is 2.58. The van der Waals surface area contributed by atoms with Gasteiger partial charge in [-0.15, -0.1) is 0 Å². The average Bonchev–Trinajstić information content (AvgIpc) is 2.70. The molecule has 19 heavy (non-hydrogen) atoms. The molecule has 0 N–H and O–H groups in total. The summed E-state index contributed by atoms with van der Waals surface area (Å²) in [4.78, 5) is 0. The number of halogens is 2. The first kappa shape index (κ1) is 15.4. The van der Waals surface area contributed by atoms with Crippen LogP contribution in [-0.4, -0.2) is 35.6 Å². The summed E-state index contributed by atoms with van der Waals surface area (Å²) < 4.78 is 61.4. The average molecular weight is 314 g/mol. The van der Waals surface area contributed by atoms with E-state index in [9.17, 15) is 21.4 Å². The molecule has 5 atom stereocenters. The number of hydrogen-bond donors (Lipinski definition) is 0. The maximum Gasteiger partial charge on any atom is 0.345 e. The molecule has 0 amide bonds. The Morgan fingerprint density at radius 3 is 2.32 bits per heavy atom. The Morgan fingerprint density at radius 1 is 1.37 bits per heavy atom. The summed E-state index contributed by atoms with van der Waals surface area (Å²) in [6, 6.07) is 0. The molecule has 5 unspecified atom stereocenters. The lowest BCUT2D eigenvalue weighted by molar-refractivity contribution is 0.0133. The van der Waals surface area contributed by atoms with E-state index in [1.54, 1.807) is 13.2 Å². The zero-order valence-corrected chi connectivity index (χ0v) is 13.0. The van der Waals surface area contributed by atoms with Crippen LogP contribution in [0.3, 0.4) is 0 Å². The van der Waals surface area contributed by atoms with Crippen molar-refractivity contribution in [3.8, 4) is 0 Å². The number of fused-ring (bicyclic) bond motifs is 2. The summed E-state index contributed by atoms with van der Waals surface area (Å²) in [6.45, 7) is 1.76. The molecule has 0 radical (unpaired) electrons. The fourth-order valence-electron chi connectivity index (χ4n) is 3.86. The van der Waals surface area contributed by atoms with Crippen molar-refractivity contribution in [2.45, 2.75) is 43.1 Å². The van der Waals surface area contributed by atoms with E-state index in [1.807, 2.05) is 0 Å². The van der Waals surface area contributed by atoms with Crippen LogP contribution in [0.2, 0.25) is 0 Å². The zero-order valence-electron chi connectivity index (χ0n) is 11.4. The van der Waals surface area contributed by atoms with E-state index in [2.05, 4.69) is 0 Å². The van der Waals surface area contributed by atoms with Crippen molar-refractivity contribution < 1.29 is 21.4 Å². The molecule has 0 heterocycles. The topological polar surface area (TPSA) is 51.2 Å². The van der Waals surface area contributed by atoms with E-state index in [4.69, 9.17) is 0 Å². The van der Waals surface area contributed by atoms with E-state index >= 15 is 0 Å². The number of alkyl halides is 2. The fraction of sp³-hybridized carbons (Fsp3) is 1.00. The molecule has 2 fully saturated rings. The van der Waals surface area contributed by atoms with Crippen molar-refractivity contribution in [2.75, 3.05) is 12.5 Å². The molecule has 0 saturated heterocycles. The van der Waals surface area contributed by atoms with Gasteiger partial charge in [0.15, 0.2) is 0 Å². The van der Waals surface area contributed by atoms with Gasteiger partial charge in [-0.3, -0.25) is 4.21 Å². The minimum atomic E-state index is -4.37. The lowest BCUT2D eigenvalue weighted by atomic mass is 9.72. The maximum absolute atomic E-state index is 13.8. The van der Waals surface area contributed by atoms with Gasteiger partial charge in [-0.05, 0) is 36.5 Å². The molecular weight excluding hydrogens is 294 g/mol. The van der Waals surface area contributed by atoms with Gasteiger partial charge in [-0.2, -0.15) is 8.78 Å². The second kappa shape index (κ2) is 4.48. The first-order valence-electron chi connectivity index (χ1n) is 6.36. The van der Waals surface area contributed by atoms with E-state index in [0.29, 0.717) is 19.1 Å². The molecule has 2 rings (SSSR count). The summed E-state index contributed by atoms with van der Waals surface area (Å²) in [6.07, 6.45) is 3.70. The van der Waals surface area contributed by atoms with Gasteiger partial charge in [0.05, 0.1) is 0 Å². The third kappa shape index (κ3) is 2.60. The van der Waals surface area contributed by atoms with Crippen LogP contribution < -0.4 is 0 Å². The van der Waals surface area contributed by atoms with Crippen LogP contribution in [-0.2, 0) is 20.6 Å². The van der Waals surface area contributed by atoms with Crippen LogP contribution in [0.25, 0.3) is 0 Å². The monoisotopic (exact) mass is 314 g/mol. The Bertz CT molecular complexity index is 503. The Morgan fingerprint density at radius 2 is 1.95 bits per heavy atom. The predicted molar refractivity (Wildman–Crippen MR) is 71.2 cm³/mol. The van der Waals surface area contributed by atoms with Crippen LogP contribution >= 0.6 is 0 Å². The summed E-state index contributed by atoms with van der Waals surface area (Å²) >= 11 is 0. The van der Waals surface area contributed by atoms with Gasteiger partial charge in [0, 0.05) is 35.0 Å². The second-order valence-corrected chi connectivity index (χ2v) is 10.2. The molecule has 2 aliphatic carbocycles. The molecule has 0 aliphatic heterocycles. The highest BCUT2D eigenvalue weighted by molar-refractivity contribution is 7.91. The van der Waals surface area contributed by atoms with Crippen LogP contribution in [0, 0.1) is 17.3 Å². The highest BCUT2D eigenvalue weighted by atomic mass is 32.2. The van der Waals surface area contributed by atoms with Crippen molar-refractivity contribution in [3.63, 3.8) is 0 Å². The van der Waals surface area contributed by atoms with E-state index < -0.39 is 37.7 Å². The molecular formula is C12H20F2O3S2. The van der Waals surface area contributed by atoms with Gasteiger partial charge in [0.1, 0.15) is 0 Å². The van der Waals surface area contributed by atoms with E-state index in [-0.39, 0.29) is 17.1 Å². The standard InChI is InChI=1S/C12H20F2O3S2/c1-11(7-12(13,14)19(3,16)17)6-8-4-9(11)5-10(8)18(2)15/h8-10H,4-7H2,1-3H3. The Labute approximate surface area is 115 Å². The molecule has 7 heteroatoms. The summed E-state index contributed by atoms with van der Waals surface area (Å²) in [5, 5.41) is -3.56. The van der Waals surface area contributed by atoms with Gasteiger partial charge in [-0.1, -0.05) is 6.92 Å². The van der Waals surface area contributed by atoms with Crippen molar-refractivity contribution in [3.05, 3.63) is 0 Å². The number of rotatable bonds is 4. The Balaban J connectivity index is 2.15. The molecule has 0 aromatic carbocycles. The summed E-state index contributed by atoms with van der Waals surface area (Å²) in [5.74, 6) is 0.273. The molecule has 0 spiro atoms. The summed E-state index contributed by atoms with van der Waals surface area (Å²) in [5.41, 5.74) is -0.646. The number of hydrogen-bond acceptors (Lipinski definition) is 3. The smallest absolute Gasteiger partial charge is 0.260 e. The van der Waals surface area contributed by atoms with Crippen molar-refractivity contribution >= 4 is 20.6 Å². The van der Waals surface area contributed by atoms with Crippen molar-refractivity contribution in [1.82, 2.24) is 0 Å². The second-order valence-electron chi connectivity index (χ2n) is 6.41. The minimum Gasteiger partial charge on any atom is -0.260 e. The van der Waals surface area contributed by atoms with Crippen LogP contribution in [0.5, 0.6) is 0 Å². The third-order valence-corrected chi connectivity index (χ3v) is 7.58. The molecule has 2 bridgehead atoms. The molecule has 112 valence electrons. The zero-order chi connectivity index (χ0) is 14.6. The van der Waals surface area contributed by atoms with Crippen molar-refractivity contribution in [1.29, 1.82) is 0 Å². The fourth-order valence-corrected chi connectivity index (χ4v) is 5.70. The van der Waals surface area contributed by atoms with Crippen molar-refractivity contribution in [2.24, 2.45) is 17.3 Å². The Kier molecular flexibility index (Phi) is 3.62. The minimum absolute atomic E-state index is 0.0685. The first-order chi connectivity index (χ1) is 8.46. The third-order valence-electron chi connectivity index (χ3n) is 4.92. The van der Waals surface area contributed by atoms with Crippen LogP contribution in [0.1, 0.15) is 32.6 Å². The number of sulfone groups is 1. The van der Waals surface area contributed by atoms with Crippen LogP contribution in [0.4, 0.5) is 8.78 Å². The van der Waals surface area contributed by atoms with E-state index in [1.165, 1.54) is 0 Å². The normalized spacial score (nSPS) is 40.6. The molecule has 0 aromatic rings. The van der Waals surface area contributed by atoms with Gasteiger partial charge < -0.3 is 0 Å². The van der Waals surface area contributed by atoms with E-state index in [0.717, 1.165) is 6.42 Å². The highest BCUT2D eigenvalue weighted by Crippen LogP contribution is 2.60. The molecule has 2 saturated carbocycles. The predicted octanol–water partition coefficient (Wildman–Crippen LogP) is 2.20. The van der Waals surface area contributed by atoms with Gasteiger partial charge in [0.2, 0.25) is 9.84 Å². The largest absolute Gasteiger partial charge is 0.345 e. The lowest BCUT2D eigenvalue weighted by Crippen LogP contribution is -2.40. The first-order valence-corrected chi connectivity index (χ1v) is 9.87. The summed E-state index contributed by atoms with van der Waals surface area (Å²) in [7, 11) is -5.29. The molecule has 2 aliphatic rings. The van der Waals surface area contributed by atoms with Gasteiger partial charge >= 0.3 is 5.25 Å². The molecule has 3 nitrogen and oxygen atoms in total. The van der Waals surface area contributed by atoms with Gasteiger partial charge in [-0.25, -0.2) is 8.42 Å².